The molecule has 206 valence electrons. The van der Waals surface area contributed by atoms with E-state index in [1.54, 1.807) is 0 Å². The summed E-state index contributed by atoms with van der Waals surface area (Å²) in [5.74, 6) is 1.64. The number of halogens is 1. The van der Waals surface area contributed by atoms with Gasteiger partial charge in [0.1, 0.15) is 5.82 Å². The van der Waals surface area contributed by atoms with E-state index in [0.29, 0.717) is 23.2 Å². The van der Waals surface area contributed by atoms with Gasteiger partial charge in [-0.1, -0.05) is 18.2 Å². The summed E-state index contributed by atoms with van der Waals surface area (Å²) in [5, 5.41) is 16.6. The Morgan fingerprint density at radius 2 is 1.80 bits per heavy atom. The standard InChI is InChI=1S/C29H32FN9S/c30-23-18-20(7-8-24(23)38-14-9-21(10-15-38)37-12-3-4-13-37)32-29-33-28(31)39(36-29)26-17-19-11-16-40-25-6-2-1-5-22(25)27(19)35-34-26/h1-2,5-8,17-18,21H,3-4,9-16H2,(H3,31,32,33,36). The number of benzene rings is 2. The number of nitrogens with one attached hydrogen (secondary N) is 1. The smallest absolute Gasteiger partial charge is 0.248 e. The fraction of sp³-hybridized carbons (Fsp3) is 0.379. The van der Waals surface area contributed by atoms with Crippen LogP contribution in [0.4, 0.5) is 27.7 Å². The minimum Gasteiger partial charge on any atom is -0.369 e. The van der Waals surface area contributed by atoms with Gasteiger partial charge in [0.15, 0.2) is 5.82 Å². The normalized spacial score (nSPS) is 17.9. The zero-order chi connectivity index (χ0) is 27.1. The van der Waals surface area contributed by atoms with Crippen LogP contribution in [-0.2, 0) is 6.42 Å². The van der Waals surface area contributed by atoms with Crippen molar-refractivity contribution in [2.45, 2.75) is 43.0 Å². The molecule has 2 aromatic carbocycles. The highest BCUT2D eigenvalue weighted by Crippen LogP contribution is 2.36. The number of aromatic nitrogens is 5. The number of nitrogens with zero attached hydrogens (tertiary/aromatic N) is 7. The van der Waals surface area contributed by atoms with Crippen LogP contribution in [-0.4, -0.2) is 67.8 Å². The van der Waals surface area contributed by atoms with Gasteiger partial charge in [-0.05, 0) is 81.1 Å². The quantitative estimate of drug-likeness (QED) is 0.355. The van der Waals surface area contributed by atoms with Gasteiger partial charge in [0.2, 0.25) is 11.9 Å². The average molecular weight is 558 g/mol. The van der Waals surface area contributed by atoms with Crippen molar-refractivity contribution in [3.05, 3.63) is 59.9 Å². The summed E-state index contributed by atoms with van der Waals surface area (Å²) in [7, 11) is 0. The Bertz CT molecular complexity index is 1530. The number of anilines is 4. The molecule has 4 aromatic rings. The van der Waals surface area contributed by atoms with E-state index in [4.69, 9.17) is 5.73 Å². The van der Waals surface area contributed by atoms with Crippen LogP contribution >= 0.6 is 11.8 Å². The highest BCUT2D eigenvalue weighted by Gasteiger charge is 2.27. The van der Waals surface area contributed by atoms with E-state index in [1.807, 2.05) is 42.1 Å². The number of rotatable bonds is 5. The molecular formula is C29H32FN9S. The van der Waals surface area contributed by atoms with Gasteiger partial charge in [0, 0.05) is 41.0 Å². The molecule has 40 heavy (non-hydrogen) atoms. The predicted molar refractivity (Wildman–Crippen MR) is 157 cm³/mol. The van der Waals surface area contributed by atoms with E-state index in [0.717, 1.165) is 54.9 Å². The summed E-state index contributed by atoms with van der Waals surface area (Å²) in [5.41, 5.74) is 10.5. The number of nitrogens with two attached hydrogens (primary N) is 1. The minimum absolute atomic E-state index is 0.179. The molecule has 0 radical (unpaired) electrons. The number of piperidine rings is 1. The molecule has 0 spiro atoms. The largest absolute Gasteiger partial charge is 0.369 e. The number of fused-ring (bicyclic) bond motifs is 3. The molecule has 7 rings (SSSR count). The van der Waals surface area contributed by atoms with Gasteiger partial charge in [-0.15, -0.1) is 27.1 Å². The Morgan fingerprint density at radius 1 is 0.975 bits per heavy atom. The number of thioether (sulfide) groups is 1. The molecular weight excluding hydrogens is 525 g/mol. The van der Waals surface area contributed by atoms with Crippen LogP contribution in [0.5, 0.6) is 0 Å². The lowest BCUT2D eigenvalue weighted by Crippen LogP contribution is -2.44. The van der Waals surface area contributed by atoms with E-state index in [-0.39, 0.29) is 17.7 Å². The van der Waals surface area contributed by atoms with E-state index >= 15 is 4.39 Å². The van der Waals surface area contributed by atoms with E-state index < -0.39 is 0 Å². The number of hydrogen-bond donors (Lipinski definition) is 2. The number of likely N-dealkylation sites (tertiary alicyclic amines) is 1. The van der Waals surface area contributed by atoms with Crippen LogP contribution in [0.2, 0.25) is 0 Å². The Morgan fingerprint density at radius 3 is 2.62 bits per heavy atom. The first-order chi connectivity index (χ1) is 19.6. The molecule has 2 fully saturated rings. The first-order valence-electron chi connectivity index (χ1n) is 14.0. The highest BCUT2D eigenvalue weighted by molar-refractivity contribution is 7.99. The highest BCUT2D eigenvalue weighted by atomic mass is 32.2. The van der Waals surface area contributed by atoms with Crippen molar-refractivity contribution in [2.24, 2.45) is 0 Å². The Balaban J connectivity index is 1.06. The molecule has 2 saturated heterocycles. The van der Waals surface area contributed by atoms with E-state index in [9.17, 15) is 0 Å². The summed E-state index contributed by atoms with van der Waals surface area (Å²) < 4.78 is 16.7. The van der Waals surface area contributed by atoms with Crippen LogP contribution in [0.3, 0.4) is 0 Å². The van der Waals surface area contributed by atoms with Crippen LogP contribution in [0.25, 0.3) is 17.1 Å². The van der Waals surface area contributed by atoms with Crippen molar-refractivity contribution in [1.82, 2.24) is 29.9 Å². The molecule has 3 aliphatic rings. The van der Waals surface area contributed by atoms with E-state index in [2.05, 4.69) is 47.5 Å². The fourth-order valence-corrected chi connectivity index (χ4v) is 7.13. The van der Waals surface area contributed by atoms with E-state index in [1.165, 1.54) is 41.6 Å². The predicted octanol–water partition coefficient (Wildman–Crippen LogP) is 4.90. The first kappa shape index (κ1) is 25.3. The van der Waals surface area contributed by atoms with Crippen LogP contribution in [0.1, 0.15) is 31.2 Å². The molecule has 0 saturated carbocycles. The maximum absolute atomic E-state index is 15.2. The topological polar surface area (TPSA) is 101 Å². The van der Waals surface area contributed by atoms with Gasteiger partial charge >= 0.3 is 0 Å². The molecule has 0 amide bonds. The SMILES string of the molecule is Nc1nc(Nc2ccc(N3CCC(N4CCCC4)CC3)c(F)c2)nn1-c1cc2c(nn1)-c1ccccc1SCC2. The molecule has 9 nitrogen and oxygen atoms in total. The number of aryl methyl sites for hydroxylation is 1. The lowest BCUT2D eigenvalue weighted by molar-refractivity contribution is 0.207. The Labute approximate surface area is 237 Å². The fourth-order valence-electron chi connectivity index (χ4n) is 6.09. The van der Waals surface area contributed by atoms with Crippen LogP contribution in [0.15, 0.2) is 53.4 Å². The second-order valence-corrected chi connectivity index (χ2v) is 11.8. The Kier molecular flexibility index (Phi) is 6.76. The molecule has 11 heteroatoms. The summed E-state index contributed by atoms with van der Waals surface area (Å²) in [4.78, 5) is 10.3. The molecule has 2 aromatic heterocycles. The van der Waals surface area contributed by atoms with Crippen molar-refractivity contribution in [3.8, 4) is 17.1 Å². The van der Waals surface area contributed by atoms with Gasteiger partial charge in [0.05, 0.1) is 11.4 Å². The average Bonchev–Trinajstić information content (AvgIpc) is 3.59. The monoisotopic (exact) mass is 557 g/mol. The van der Waals surface area contributed by atoms with Gasteiger partial charge in [-0.25, -0.2) is 4.39 Å². The third kappa shape index (κ3) is 4.88. The van der Waals surface area contributed by atoms with Crippen LogP contribution in [0, 0.1) is 5.82 Å². The molecule has 5 heterocycles. The first-order valence-corrected chi connectivity index (χ1v) is 15.0. The second-order valence-electron chi connectivity index (χ2n) is 10.6. The lowest BCUT2D eigenvalue weighted by Gasteiger charge is -2.37. The summed E-state index contributed by atoms with van der Waals surface area (Å²) in [6.07, 6.45) is 5.63. The van der Waals surface area contributed by atoms with Gasteiger partial charge in [-0.3, -0.25) is 0 Å². The van der Waals surface area contributed by atoms with Crippen LogP contribution < -0.4 is 16.0 Å². The molecule has 0 unspecified atom stereocenters. The van der Waals surface area contributed by atoms with Crippen molar-refractivity contribution >= 4 is 35.0 Å². The van der Waals surface area contributed by atoms with Crippen molar-refractivity contribution < 1.29 is 4.39 Å². The zero-order valence-electron chi connectivity index (χ0n) is 22.3. The maximum atomic E-state index is 15.2. The third-order valence-electron chi connectivity index (χ3n) is 8.15. The molecule has 0 atom stereocenters. The van der Waals surface area contributed by atoms with Crippen molar-refractivity contribution in [1.29, 1.82) is 0 Å². The number of nitrogen functional groups attached to an aromatic ring is 1. The number of hydrogen-bond acceptors (Lipinski definition) is 9. The third-order valence-corrected chi connectivity index (χ3v) is 9.22. The maximum Gasteiger partial charge on any atom is 0.248 e. The summed E-state index contributed by atoms with van der Waals surface area (Å²) in [6.45, 7) is 4.17. The molecule has 0 bridgehead atoms. The second kappa shape index (κ2) is 10.7. The summed E-state index contributed by atoms with van der Waals surface area (Å²) >= 11 is 1.82. The lowest BCUT2D eigenvalue weighted by atomic mass is 10.0. The van der Waals surface area contributed by atoms with Crippen molar-refractivity contribution in [3.63, 3.8) is 0 Å². The molecule has 3 aliphatic heterocycles. The minimum atomic E-state index is -0.258. The molecule has 3 N–H and O–H groups in total. The summed E-state index contributed by atoms with van der Waals surface area (Å²) in [6, 6.07) is 16.1. The van der Waals surface area contributed by atoms with Gasteiger partial charge in [-0.2, -0.15) is 9.67 Å². The molecule has 0 aliphatic carbocycles. The Hall–Kier alpha value is -3.70. The zero-order valence-corrected chi connectivity index (χ0v) is 23.1. The van der Waals surface area contributed by atoms with Gasteiger partial charge in [0.25, 0.3) is 0 Å². The van der Waals surface area contributed by atoms with Crippen molar-refractivity contribution in [2.75, 3.05) is 47.9 Å². The van der Waals surface area contributed by atoms with Gasteiger partial charge < -0.3 is 20.9 Å².